The van der Waals surface area contributed by atoms with Crippen LogP contribution in [0.25, 0.3) is 11.0 Å². The summed E-state index contributed by atoms with van der Waals surface area (Å²) >= 11 is 11.8. The van der Waals surface area contributed by atoms with Gasteiger partial charge in [0.15, 0.2) is 11.3 Å². The van der Waals surface area contributed by atoms with E-state index in [4.69, 9.17) is 27.6 Å². The number of carbonyl (C=O) groups is 1. The molecule has 3 N–H and O–H groups in total. The van der Waals surface area contributed by atoms with Crippen molar-refractivity contribution in [3.8, 4) is 11.5 Å². The van der Waals surface area contributed by atoms with E-state index in [-0.39, 0.29) is 17.6 Å². The lowest BCUT2D eigenvalue weighted by Gasteiger charge is -2.10. The van der Waals surface area contributed by atoms with Crippen molar-refractivity contribution in [3.05, 3.63) is 61.9 Å². The third-order valence-electron chi connectivity index (χ3n) is 3.89. The normalized spacial score (nSPS) is 10.9. The highest BCUT2D eigenvalue weighted by Crippen LogP contribution is 2.34. The minimum Gasteiger partial charge on any atom is -0.504 e. The first-order valence-electron chi connectivity index (χ1n) is 7.49. The van der Waals surface area contributed by atoms with Crippen LogP contribution >= 0.6 is 23.2 Å². The van der Waals surface area contributed by atoms with E-state index in [1.54, 1.807) is 6.92 Å². The van der Waals surface area contributed by atoms with E-state index < -0.39 is 23.0 Å². The summed E-state index contributed by atoms with van der Waals surface area (Å²) < 4.78 is 5.09. The average Bonchev–Trinajstić information content (AvgIpc) is 2.54. The molecule has 1 amide bonds. The van der Waals surface area contributed by atoms with Crippen LogP contribution in [0.1, 0.15) is 11.1 Å². The van der Waals surface area contributed by atoms with Gasteiger partial charge in [-0.1, -0.05) is 23.2 Å². The van der Waals surface area contributed by atoms with E-state index >= 15 is 0 Å². The fourth-order valence-electron chi connectivity index (χ4n) is 2.63. The van der Waals surface area contributed by atoms with Gasteiger partial charge in [0.2, 0.25) is 11.7 Å². The van der Waals surface area contributed by atoms with E-state index in [0.29, 0.717) is 26.7 Å². The van der Waals surface area contributed by atoms with Crippen molar-refractivity contribution in [2.24, 2.45) is 0 Å². The SMILES string of the molecule is Cc1c(CC(=O)Nc2cc(Cl)cc(Cl)c2)c(=O)oc2c(O)c(O)ccc12. The Hall–Kier alpha value is -2.70. The van der Waals surface area contributed by atoms with E-state index in [2.05, 4.69) is 5.32 Å². The molecule has 0 fully saturated rings. The predicted molar refractivity (Wildman–Crippen MR) is 99.3 cm³/mol. The van der Waals surface area contributed by atoms with Crippen molar-refractivity contribution in [1.29, 1.82) is 0 Å². The number of halogens is 2. The molecule has 0 unspecified atom stereocenters. The molecule has 3 rings (SSSR count). The molecule has 6 nitrogen and oxygen atoms in total. The molecule has 2 aromatic carbocycles. The molecule has 0 saturated carbocycles. The number of carbonyl (C=O) groups excluding carboxylic acids is 1. The third-order valence-corrected chi connectivity index (χ3v) is 4.33. The van der Waals surface area contributed by atoms with Crippen LogP contribution in [-0.2, 0) is 11.2 Å². The van der Waals surface area contributed by atoms with Crippen LogP contribution in [0.15, 0.2) is 39.5 Å². The summed E-state index contributed by atoms with van der Waals surface area (Å²) in [7, 11) is 0. The molecule has 0 aliphatic rings. The Labute approximate surface area is 157 Å². The lowest BCUT2D eigenvalue weighted by atomic mass is 10.0. The Morgan fingerprint density at radius 2 is 1.81 bits per heavy atom. The van der Waals surface area contributed by atoms with Crippen molar-refractivity contribution < 1.29 is 19.4 Å². The van der Waals surface area contributed by atoms with Crippen LogP contribution in [0.3, 0.4) is 0 Å². The lowest BCUT2D eigenvalue weighted by molar-refractivity contribution is -0.115. The quantitative estimate of drug-likeness (QED) is 0.461. The highest BCUT2D eigenvalue weighted by molar-refractivity contribution is 6.35. The maximum Gasteiger partial charge on any atom is 0.340 e. The molecule has 0 spiro atoms. The second-order valence-electron chi connectivity index (χ2n) is 5.69. The maximum atomic E-state index is 12.3. The molecule has 0 aliphatic carbocycles. The molecule has 0 radical (unpaired) electrons. The summed E-state index contributed by atoms with van der Waals surface area (Å²) in [4.78, 5) is 24.5. The zero-order valence-electron chi connectivity index (χ0n) is 13.5. The number of phenols is 2. The Morgan fingerprint density at radius 3 is 2.46 bits per heavy atom. The van der Waals surface area contributed by atoms with Gasteiger partial charge in [-0.3, -0.25) is 4.79 Å². The summed E-state index contributed by atoms with van der Waals surface area (Å²) in [6.45, 7) is 1.63. The first-order valence-corrected chi connectivity index (χ1v) is 8.25. The number of amides is 1. The zero-order valence-corrected chi connectivity index (χ0v) is 15.0. The summed E-state index contributed by atoms with van der Waals surface area (Å²) in [6, 6.07) is 7.37. The largest absolute Gasteiger partial charge is 0.504 e. The van der Waals surface area contributed by atoms with Crippen molar-refractivity contribution in [2.75, 3.05) is 5.32 Å². The molecule has 0 atom stereocenters. The number of hydrogen-bond acceptors (Lipinski definition) is 5. The second-order valence-corrected chi connectivity index (χ2v) is 6.56. The number of fused-ring (bicyclic) bond motifs is 1. The van der Waals surface area contributed by atoms with Crippen molar-refractivity contribution in [3.63, 3.8) is 0 Å². The minimum absolute atomic E-state index is 0.127. The smallest absolute Gasteiger partial charge is 0.340 e. The molecule has 1 aromatic heterocycles. The molecule has 26 heavy (non-hydrogen) atoms. The standard InChI is InChI=1S/C18H13Cl2NO5/c1-8-12-2-3-14(22)16(24)17(12)26-18(25)13(8)7-15(23)21-11-5-9(19)4-10(20)6-11/h2-6,22,24H,7H2,1H3,(H,21,23). The Bertz CT molecular complexity index is 1070. The number of benzene rings is 2. The summed E-state index contributed by atoms with van der Waals surface area (Å²) in [5, 5.41) is 23.1. The van der Waals surface area contributed by atoms with E-state index in [1.165, 1.54) is 30.3 Å². The number of phenolic OH excluding ortho intramolecular Hbond substituents is 2. The number of hydrogen-bond donors (Lipinski definition) is 3. The molecular weight excluding hydrogens is 381 g/mol. The molecule has 0 bridgehead atoms. The summed E-state index contributed by atoms with van der Waals surface area (Å²) in [6.07, 6.45) is -0.240. The van der Waals surface area contributed by atoms with Gasteiger partial charge in [0.25, 0.3) is 0 Å². The molecule has 134 valence electrons. The van der Waals surface area contributed by atoms with Gasteiger partial charge in [0.05, 0.1) is 12.0 Å². The fraction of sp³-hybridized carbons (Fsp3) is 0.111. The van der Waals surface area contributed by atoms with Crippen molar-refractivity contribution >= 4 is 45.8 Å². The van der Waals surface area contributed by atoms with E-state index in [9.17, 15) is 19.8 Å². The van der Waals surface area contributed by atoms with Gasteiger partial charge in [-0.15, -0.1) is 0 Å². The van der Waals surface area contributed by atoms with Crippen LogP contribution in [0.5, 0.6) is 11.5 Å². The van der Waals surface area contributed by atoms with Gasteiger partial charge in [-0.2, -0.15) is 0 Å². The Kier molecular flexibility index (Phi) is 4.80. The van der Waals surface area contributed by atoms with Gasteiger partial charge >= 0.3 is 5.63 Å². The van der Waals surface area contributed by atoms with Gasteiger partial charge in [0.1, 0.15) is 0 Å². The molecule has 1 heterocycles. The van der Waals surface area contributed by atoms with Crippen LogP contribution in [0.4, 0.5) is 5.69 Å². The number of aromatic hydroxyl groups is 2. The Balaban J connectivity index is 1.94. The van der Waals surface area contributed by atoms with Crippen LogP contribution < -0.4 is 10.9 Å². The maximum absolute atomic E-state index is 12.3. The van der Waals surface area contributed by atoms with Gasteiger partial charge in [-0.05, 0) is 42.8 Å². The predicted octanol–water partition coefficient (Wildman–Crippen LogP) is 4.00. The third kappa shape index (κ3) is 3.47. The molecule has 3 aromatic rings. The summed E-state index contributed by atoms with van der Waals surface area (Å²) in [5.74, 6) is -1.38. The lowest BCUT2D eigenvalue weighted by Crippen LogP contribution is -2.20. The van der Waals surface area contributed by atoms with Crippen LogP contribution in [0.2, 0.25) is 10.0 Å². The topological polar surface area (TPSA) is 99.8 Å². The zero-order chi connectivity index (χ0) is 19.0. The minimum atomic E-state index is -0.768. The van der Waals surface area contributed by atoms with Crippen molar-refractivity contribution in [1.82, 2.24) is 0 Å². The van der Waals surface area contributed by atoms with Gasteiger partial charge in [0, 0.05) is 21.1 Å². The van der Waals surface area contributed by atoms with E-state index in [1.807, 2.05) is 0 Å². The van der Waals surface area contributed by atoms with Crippen LogP contribution in [0, 0.1) is 6.92 Å². The monoisotopic (exact) mass is 393 g/mol. The molecule has 0 aliphatic heterocycles. The molecular formula is C18H13Cl2NO5. The highest BCUT2D eigenvalue weighted by atomic mass is 35.5. The number of aryl methyl sites for hydroxylation is 1. The number of nitrogens with one attached hydrogen (secondary N) is 1. The number of anilines is 1. The fourth-order valence-corrected chi connectivity index (χ4v) is 3.15. The van der Waals surface area contributed by atoms with E-state index in [0.717, 1.165) is 0 Å². The summed E-state index contributed by atoms with van der Waals surface area (Å²) in [5.41, 5.74) is 0.130. The number of rotatable bonds is 3. The van der Waals surface area contributed by atoms with Gasteiger partial charge < -0.3 is 19.9 Å². The first kappa shape index (κ1) is 18.1. The highest BCUT2D eigenvalue weighted by Gasteiger charge is 2.18. The van der Waals surface area contributed by atoms with Crippen molar-refractivity contribution in [2.45, 2.75) is 13.3 Å². The molecule has 0 saturated heterocycles. The molecule has 8 heteroatoms. The second kappa shape index (κ2) is 6.90. The van der Waals surface area contributed by atoms with Crippen LogP contribution in [-0.4, -0.2) is 16.1 Å². The Morgan fingerprint density at radius 1 is 1.15 bits per heavy atom. The van der Waals surface area contributed by atoms with Gasteiger partial charge in [-0.25, -0.2) is 4.79 Å². The average molecular weight is 394 g/mol. The first-order chi connectivity index (χ1) is 12.3.